The van der Waals surface area contributed by atoms with Crippen LogP contribution in [0, 0.1) is 0 Å². The molecule has 2 N–H and O–H groups in total. The van der Waals surface area contributed by atoms with Crippen molar-refractivity contribution < 1.29 is 0 Å². The number of hydrogen-bond acceptors (Lipinski definition) is 5. The third kappa shape index (κ3) is 2.58. The molecule has 2 aromatic heterocycles. The quantitative estimate of drug-likeness (QED) is 0.919. The Bertz CT molecular complexity index is 658. The fourth-order valence-electron chi connectivity index (χ4n) is 2.58. The molecule has 2 aromatic rings. The van der Waals surface area contributed by atoms with E-state index < -0.39 is 0 Å². The molecule has 0 spiro atoms. The molecular formula is C15H19N5S. The van der Waals surface area contributed by atoms with Crippen molar-refractivity contribution in [2.75, 3.05) is 0 Å². The van der Waals surface area contributed by atoms with Gasteiger partial charge in [0.25, 0.3) is 0 Å². The lowest BCUT2D eigenvalue weighted by Crippen LogP contribution is -2.08. The van der Waals surface area contributed by atoms with Crippen molar-refractivity contribution in [1.29, 1.82) is 0 Å². The highest BCUT2D eigenvalue weighted by atomic mass is 32.2. The van der Waals surface area contributed by atoms with Crippen molar-refractivity contribution in [3.63, 3.8) is 0 Å². The topological polar surface area (TPSA) is 69.6 Å². The van der Waals surface area contributed by atoms with Crippen molar-refractivity contribution in [2.45, 2.75) is 60.8 Å². The number of pyridine rings is 1. The molecular weight excluding hydrogens is 282 g/mol. The molecule has 2 aliphatic carbocycles. The predicted octanol–water partition coefficient (Wildman–Crippen LogP) is 3.06. The Hall–Kier alpha value is -1.40. The molecule has 0 unspecified atom stereocenters. The molecule has 0 radical (unpaired) electrons. The standard InChI is InChI=1S/C15H19N5S/c1-9(16)12-3-2-8-17-14(12)21-15-19-18-13(10-4-5-10)20(15)11-6-7-11/h2-3,8-11H,4-7,16H2,1H3/t9-/m0/s1. The van der Waals surface area contributed by atoms with E-state index in [2.05, 4.69) is 19.7 Å². The fourth-order valence-corrected chi connectivity index (χ4v) is 3.66. The number of aromatic nitrogens is 4. The van der Waals surface area contributed by atoms with Gasteiger partial charge in [-0.2, -0.15) is 0 Å². The smallest absolute Gasteiger partial charge is 0.197 e. The summed E-state index contributed by atoms with van der Waals surface area (Å²) in [7, 11) is 0. The molecule has 110 valence electrons. The molecule has 1 atom stereocenters. The van der Waals surface area contributed by atoms with Gasteiger partial charge in [0.1, 0.15) is 10.9 Å². The number of hydrogen-bond donors (Lipinski definition) is 1. The molecule has 2 fully saturated rings. The van der Waals surface area contributed by atoms with Crippen LogP contribution in [0.2, 0.25) is 0 Å². The number of nitrogens with two attached hydrogens (primary N) is 1. The molecule has 6 heteroatoms. The molecule has 4 rings (SSSR count). The van der Waals surface area contributed by atoms with Crippen LogP contribution in [0.5, 0.6) is 0 Å². The first-order chi connectivity index (χ1) is 10.2. The summed E-state index contributed by atoms with van der Waals surface area (Å²) < 4.78 is 2.35. The van der Waals surface area contributed by atoms with E-state index in [1.54, 1.807) is 11.8 Å². The van der Waals surface area contributed by atoms with Gasteiger partial charge in [0.05, 0.1) is 0 Å². The van der Waals surface area contributed by atoms with Crippen LogP contribution in [-0.2, 0) is 0 Å². The molecule has 0 amide bonds. The first kappa shape index (κ1) is 13.3. The Morgan fingerprint density at radius 2 is 2.10 bits per heavy atom. The van der Waals surface area contributed by atoms with Crippen LogP contribution >= 0.6 is 11.8 Å². The Balaban J connectivity index is 1.68. The lowest BCUT2D eigenvalue weighted by Gasteiger charge is -2.12. The first-order valence-electron chi connectivity index (χ1n) is 7.57. The van der Waals surface area contributed by atoms with Crippen LogP contribution in [0.4, 0.5) is 0 Å². The van der Waals surface area contributed by atoms with Crippen LogP contribution in [0.3, 0.4) is 0 Å². The zero-order valence-corrected chi connectivity index (χ0v) is 12.9. The summed E-state index contributed by atoms with van der Waals surface area (Å²) in [6.45, 7) is 1.99. The summed E-state index contributed by atoms with van der Waals surface area (Å²) in [6, 6.07) is 4.55. The summed E-state index contributed by atoms with van der Waals surface area (Å²) in [5.41, 5.74) is 7.12. The maximum absolute atomic E-state index is 6.05. The predicted molar refractivity (Wildman–Crippen MR) is 81.2 cm³/mol. The molecule has 21 heavy (non-hydrogen) atoms. The van der Waals surface area contributed by atoms with E-state index in [9.17, 15) is 0 Å². The van der Waals surface area contributed by atoms with E-state index in [1.165, 1.54) is 31.5 Å². The van der Waals surface area contributed by atoms with Gasteiger partial charge in [-0.3, -0.25) is 0 Å². The zero-order valence-electron chi connectivity index (χ0n) is 12.1. The molecule has 2 saturated carbocycles. The minimum atomic E-state index is -0.0265. The molecule has 0 aromatic carbocycles. The van der Waals surface area contributed by atoms with Crippen molar-refractivity contribution in [1.82, 2.24) is 19.7 Å². The van der Waals surface area contributed by atoms with E-state index in [1.807, 2.05) is 25.3 Å². The fraction of sp³-hybridized carbons (Fsp3) is 0.533. The Labute approximate surface area is 128 Å². The maximum Gasteiger partial charge on any atom is 0.197 e. The van der Waals surface area contributed by atoms with Gasteiger partial charge in [0.15, 0.2) is 5.16 Å². The van der Waals surface area contributed by atoms with E-state index in [4.69, 9.17) is 5.73 Å². The Kier molecular flexibility index (Phi) is 3.23. The van der Waals surface area contributed by atoms with Gasteiger partial charge >= 0.3 is 0 Å². The minimum Gasteiger partial charge on any atom is -0.324 e. The first-order valence-corrected chi connectivity index (χ1v) is 8.39. The monoisotopic (exact) mass is 301 g/mol. The van der Waals surface area contributed by atoms with Gasteiger partial charge in [-0.15, -0.1) is 10.2 Å². The SMILES string of the molecule is C[C@H](N)c1cccnc1Sc1nnc(C2CC2)n1C1CC1. The zero-order chi connectivity index (χ0) is 14.4. The highest BCUT2D eigenvalue weighted by molar-refractivity contribution is 7.99. The average Bonchev–Trinajstić information content (AvgIpc) is 3.39. The highest BCUT2D eigenvalue weighted by Gasteiger charge is 2.36. The second-order valence-corrected chi connectivity index (χ2v) is 6.96. The number of rotatable bonds is 5. The van der Waals surface area contributed by atoms with E-state index in [-0.39, 0.29) is 6.04 Å². The summed E-state index contributed by atoms with van der Waals surface area (Å²) in [5, 5.41) is 10.8. The second-order valence-electron chi connectivity index (χ2n) is 6.00. The third-order valence-electron chi connectivity index (χ3n) is 4.02. The average molecular weight is 301 g/mol. The van der Waals surface area contributed by atoms with Crippen LogP contribution in [-0.4, -0.2) is 19.7 Å². The van der Waals surface area contributed by atoms with Gasteiger partial charge in [-0.1, -0.05) is 6.07 Å². The van der Waals surface area contributed by atoms with Gasteiger partial charge in [-0.25, -0.2) is 4.98 Å². The third-order valence-corrected chi connectivity index (χ3v) is 5.02. The highest BCUT2D eigenvalue weighted by Crippen LogP contribution is 2.46. The minimum absolute atomic E-state index is 0.0265. The van der Waals surface area contributed by atoms with Crippen molar-refractivity contribution in [3.05, 3.63) is 29.7 Å². The van der Waals surface area contributed by atoms with E-state index in [0.717, 1.165) is 15.7 Å². The summed E-state index contributed by atoms with van der Waals surface area (Å²) in [4.78, 5) is 4.49. The van der Waals surface area contributed by atoms with Gasteiger partial charge in [0.2, 0.25) is 0 Å². The molecule has 0 bridgehead atoms. The lowest BCUT2D eigenvalue weighted by molar-refractivity contribution is 0.626. The Morgan fingerprint density at radius 3 is 2.76 bits per heavy atom. The largest absolute Gasteiger partial charge is 0.324 e. The normalized spacial score (nSPS) is 19.7. The molecule has 2 heterocycles. The van der Waals surface area contributed by atoms with Crippen LogP contribution in [0.25, 0.3) is 0 Å². The summed E-state index contributed by atoms with van der Waals surface area (Å²) >= 11 is 1.60. The lowest BCUT2D eigenvalue weighted by atomic mass is 10.2. The molecule has 5 nitrogen and oxygen atoms in total. The summed E-state index contributed by atoms with van der Waals surface area (Å²) in [5.74, 6) is 1.81. The van der Waals surface area contributed by atoms with Crippen molar-refractivity contribution in [2.24, 2.45) is 5.73 Å². The molecule has 0 saturated heterocycles. The van der Waals surface area contributed by atoms with Gasteiger partial charge in [-0.05, 0) is 50.4 Å². The van der Waals surface area contributed by atoms with Crippen LogP contribution in [0.15, 0.2) is 28.5 Å². The van der Waals surface area contributed by atoms with Gasteiger partial charge < -0.3 is 10.3 Å². The van der Waals surface area contributed by atoms with Crippen molar-refractivity contribution in [3.8, 4) is 0 Å². The van der Waals surface area contributed by atoms with Crippen LogP contribution < -0.4 is 5.73 Å². The van der Waals surface area contributed by atoms with E-state index >= 15 is 0 Å². The summed E-state index contributed by atoms with van der Waals surface area (Å²) in [6.07, 6.45) is 6.81. The molecule has 0 aliphatic heterocycles. The second kappa shape index (κ2) is 5.10. The van der Waals surface area contributed by atoms with Gasteiger partial charge in [0, 0.05) is 29.8 Å². The number of nitrogens with zero attached hydrogens (tertiary/aromatic N) is 4. The maximum atomic E-state index is 6.05. The Morgan fingerprint density at radius 1 is 1.29 bits per heavy atom. The van der Waals surface area contributed by atoms with Crippen molar-refractivity contribution >= 4 is 11.8 Å². The van der Waals surface area contributed by atoms with Crippen LogP contribution in [0.1, 0.15) is 62.0 Å². The van der Waals surface area contributed by atoms with E-state index in [0.29, 0.717) is 12.0 Å². The molecule has 2 aliphatic rings.